The summed E-state index contributed by atoms with van der Waals surface area (Å²) < 4.78 is 35.5. The van der Waals surface area contributed by atoms with Crippen LogP contribution in [0.1, 0.15) is 26.3 Å². The first-order valence-electron chi connectivity index (χ1n) is 6.50. The SMILES string of the molecule is CCOP(=O)(OCC)SC(C)/C=C/c1ccc(F)cc1. The van der Waals surface area contributed by atoms with E-state index in [9.17, 15) is 8.96 Å². The van der Waals surface area contributed by atoms with Crippen molar-refractivity contribution in [3.8, 4) is 0 Å². The van der Waals surface area contributed by atoms with Gasteiger partial charge in [0.15, 0.2) is 0 Å². The Hall–Kier alpha value is -0.610. The van der Waals surface area contributed by atoms with E-state index in [-0.39, 0.29) is 11.1 Å². The predicted molar refractivity (Wildman–Crippen MR) is 83.3 cm³/mol. The topological polar surface area (TPSA) is 35.5 Å². The smallest absolute Gasteiger partial charge is 0.301 e. The Morgan fingerprint density at radius 1 is 1.25 bits per heavy atom. The van der Waals surface area contributed by atoms with Crippen molar-refractivity contribution in [3.05, 3.63) is 41.7 Å². The van der Waals surface area contributed by atoms with E-state index in [0.717, 1.165) is 5.56 Å². The highest BCUT2D eigenvalue weighted by Gasteiger charge is 2.26. The summed E-state index contributed by atoms with van der Waals surface area (Å²) in [5.74, 6) is -0.262. The Morgan fingerprint density at radius 2 is 1.80 bits per heavy atom. The van der Waals surface area contributed by atoms with E-state index in [0.29, 0.717) is 13.2 Å². The van der Waals surface area contributed by atoms with Crippen LogP contribution in [0.15, 0.2) is 30.3 Å². The molecule has 0 fully saturated rings. The van der Waals surface area contributed by atoms with Gasteiger partial charge in [0.1, 0.15) is 5.82 Å². The van der Waals surface area contributed by atoms with Gasteiger partial charge in [0, 0.05) is 5.25 Å². The van der Waals surface area contributed by atoms with E-state index in [4.69, 9.17) is 9.05 Å². The molecule has 0 aliphatic heterocycles. The van der Waals surface area contributed by atoms with Crippen LogP contribution in [0.2, 0.25) is 0 Å². The Kier molecular flexibility index (Phi) is 7.52. The fourth-order valence-electron chi connectivity index (χ4n) is 1.47. The Bertz CT molecular complexity index is 466. The summed E-state index contributed by atoms with van der Waals surface area (Å²) in [6, 6.07) is 6.19. The third kappa shape index (κ3) is 6.23. The minimum absolute atomic E-state index is 0.0380. The van der Waals surface area contributed by atoms with Gasteiger partial charge in [0.05, 0.1) is 13.2 Å². The van der Waals surface area contributed by atoms with E-state index in [1.54, 1.807) is 26.0 Å². The molecule has 0 radical (unpaired) electrons. The van der Waals surface area contributed by atoms with Gasteiger partial charge in [-0.05, 0) is 49.8 Å². The first-order chi connectivity index (χ1) is 9.49. The normalized spacial score (nSPS) is 13.8. The quantitative estimate of drug-likeness (QED) is 0.622. The van der Waals surface area contributed by atoms with Crippen LogP contribution in [0.5, 0.6) is 0 Å². The molecule has 1 unspecified atom stereocenters. The fraction of sp³-hybridized carbons (Fsp3) is 0.429. The summed E-state index contributed by atoms with van der Waals surface area (Å²) in [7, 11) is 0. The lowest BCUT2D eigenvalue weighted by molar-refractivity contribution is 0.237. The van der Waals surface area contributed by atoms with Gasteiger partial charge in [-0.1, -0.05) is 24.3 Å². The van der Waals surface area contributed by atoms with Crippen LogP contribution in [0, 0.1) is 5.82 Å². The van der Waals surface area contributed by atoms with Crippen LogP contribution in [0.25, 0.3) is 6.08 Å². The molecular formula is C14H20FO3PS. The van der Waals surface area contributed by atoms with Crippen LogP contribution < -0.4 is 0 Å². The average Bonchev–Trinajstić information content (AvgIpc) is 2.38. The van der Waals surface area contributed by atoms with Gasteiger partial charge < -0.3 is 9.05 Å². The van der Waals surface area contributed by atoms with Crippen molar-refractivity contribution in [1.29, 1.82) is 0 Å². The summed E-state index contributed by atoms with van der Waals surface area (Å²) >= 11 is 1.17. The Balaban J connectivity index is 2.63. The zero-order valence-corrected chi connectivity index (χ0v) is 13.6. The predicted octanol–water partition coefficient (Wildman–Crippen LogP) is 5.14. The Labute approximate surface area is 123 Å². The molecule has 0 aromatic heterocycles. The second-order valence-corrected chi connectivity index (χ2v) is 8.34. The van der Waals surface area contributed by atoms with Crippen LogP contribution in [-0.2, 0) is 13.6 Å². The van der Waals surface area contributed by atoms with Crippen LogP contribution in [-0.4, -0.2) is 18.5 Å². The minimum atomic E-state index is -3.10. The first-order valence-corrected chi connectivity index (χ1v) is 9.53. The zero-order valence-electron chi connectivity index (χ0n) is 11.9. The molecule has 0 amide bonds. The summed E-state index contributed by atoms with van der Waals surface area (Å²) in [6.45, 7) is 3.07. The minimum Gasteiger partial charge on any atom is -0.301 e. The maximum Gasteiger partial charge on any atom is 0.389 e. The average molecular weight is 318 g/mol. The summed E-state index contributed by atoms with van der Waals surface area (Å²) in [6.07, 6.45) is 3.75. The molecule has 1 aromatic rings. The lowest BCUT2D eigenvalue weighted by Gasteiger charge is -2.18. The third-order valence-corrected chi connectivity index (χ3v) is 6.60. The molecule has 0 N–H and O–H groups in total. The highest BCUT2D eigenvalue weighted by molar-refractivity contribution is 8.55. The van der Waals surface area contributed by atoms with E-state index in [1.165, 1.54) is 23.5 Å². The summed E-state index contributed by atoms with van der Waals surface area (Å²) in [4.78, 5) is 0. The van der Waals surface area contributed by atoms with Crippen LogP contribution in [0.4, 0.5) is 4.39 Å². The molecule has 3 nitrogen and oxygen atoms in total. The molecule has 0 saturated heterocycles. The van der Waals surface area contributed by atoms with E-state index >= 15 is 0 Å². The van der Waals surface area contributed by atoms with E-state index < -0.39 is 6.80 Å². The molecule has 0 bridgehead atoms. The fourth-order valence-corrected chi connectivity index (χ4v) is 5.29. The van der Waals surface area contributed by atoms with Crippen molar-refractivity contribution in [2.45, 2.75) is 26.0 Å². The highest BCUT2D eigenvalue weighted by atomic mass is 32.7. The van der Waals surface area contributed by atoms with Gasteiger partial charge in [-0.3, -0.25) is 0 Å². The van der Waals surface area contributed by atoms with Crippen molar-refractivity contribution in [2.24, 2.45) is 0 Å². The van der Waals surface area contributed by atoms with Gasteiger partial charge in [-0.15, -0.1) is 0 Å². The maximum absolute atomic E-state index is 12.8. The molecule has 1 rings (SSSR count). The van der Waals surface area contributed by atoms with Crippen LogP contribution in [0.3, 0.4) is 0 Å². The lowest BCUT2D eigenvalue weighted by atomic mass is 10.2. The maximum atomic E-state index is 12.8. The first kappa shape index (κ1) is 17.4. The third-order valence-electron chi connectivity index (χ3n) is 2.30. The van der Waals surface area contributed by atoms with Gasteiger partial charge in [-0.25, -0.2) is 8.96 Å². The standard InChI is InChI=1S/C14H20FO3PS/c1-4-17-19(16,18-5-2)20-12(3)6-7-13-8-10-14(15)11-9-13/h6-12H,4-5H2,1-3H3/b7-6+. The van der Waals surface area contributed by atoms with Crippen molar-refractivity contribution >= 4 is 24.3 Å². The number of halogens is 1. The van der Waals surface area contributed by atoms with Gasteiger partial charge >= 0.3 is 6.80 Å². The molecule has 6 heteroatoms. The Morgan fingerprint density at radius 3 is 2.30 bits per heavy atom. The number of rotatable bonds is 8. The monoisotopic (exact) mass is 318 g/mol. The van der Waals surface area contributed by atoms with Crippen molar-refractivity contribution in [1.82, 2.24) is 0 Å². The van der Waals surface area contributed by atoms with Crippen molar-refractivity contribution in [3.63, 3.8) is 0 Å². The highest BCUT2D eigenvalue weighted by Crippen LogP contribution is 2.62. The molecule has 1 aromatic carbocycles. The molecule has 0 aliphatic rings. The number of hydrogen-bond donors (Lipinski definition) is 0. The molecule has 0 saturated carbocycles. The van der Waals surface area contributed by atoms with Crippen LogP contribution >= 0.6 is 18.2 Å². The van der Waals surface area contributed by atoms with Crippen molar-refractivity contribution in [2.75, 3.05) is 13.2 Å². The zero-order chi connectivity index (χ0) is 15.0. The molecule has 20 heavy (non-hydrogen) atoms. The van der Waals surface area contributed by atoms with E-state index in [1.807, 2.05) is 19.1 Å². The molecule has 1 atom stereocenters. The number of benzene rings is 1. The molecular weight excluding hydrogens is 298 g/mol. The van der Waals surface area contributed by atoms with Gasteiger partial charge in [0.25, 0.3) is 0 Å². The van der Waals surface area contributed by atoms with Crippen molar-refractivity contribution < 1.29 is 18.0 Å². The summed E-state index contributed by atoms with van der Waals surface area (Å²) in [5.41, 5.74) is 0.890. The van der Waals surface area contributed by atoms with Gasteiger partial charge in [0.2, 0.25) is 0 Å². The molecule has 0 aliphatic carbocycles. The largest absolute Gasteiger partial charge is 0.389 e. The molecule has 0 spiro atoms. The second kappa shape index (κ2) is 8.63. The van der Waals surface area contributed by atoms with E-state index in [2.05, 4.69) is 0 Å². The lowest BCUT2D eigenvalue weighted by Crippen LogP contribution is -1.97. The summed E-state index contributed by atoms with van der Waals surface area (Å²) in [5, 5.41) is -0.0380. The number of hydrogen-bond acceptors (Lipinski definition) is 4. The molecule has 112 valence electrons. The van der Waals surface area contributed by atoms with Gasteiger partial charge in [-0.2, -0.15) is 0 Å². The second-order valence-electron chi connectivity index (χ2n) is 4.00. The molecule has 0 heterocycles.